The smallest absolute Gasteiger partial charge is 0.251 e. The van der Waals surface area contributed by atoms with E-state index in [0.717, 1.165) is 39.0 Å². The third-order valence-electron chi connectivity index (χ3n) is 5.27. The van der Waals surface area contributed by atoms with Crippen LogP contribution in [-0.4, -0.2) is 74.3 Å². The van der Waals surface area contributed by atoms with Gasteiger partial charge in [0.1, 0.15) is 12.4 Å². The quantitative estimate of drug-likeness (QED) is 0.753. The van der Waals surface area contributed by atoms with Gasteiger partial charge in [-0.05, 0) is 31.0 Å². The summed E-state index contributed by atoms with van der Waals surface area (Å²) < 4.78 is 17.5. The Morgan fingerprint density at radius 3 is 2.68 bits per heavy atom. The first kappa shape index (κ1) is 17.9. The van der Waals surface area contributed by atoms with Crippen LogP contribution in [-0.2, 0) is 0 Å². The number of hydrogen-bond donors (Lipinski definition) is 2. The second-order valence-corrected chi connectivity index (χ2v) is 6.82. The fraction of sp³-hybridized carbons (Fsp3) is 0.611. The van der Waals surface area contributed by atoms with Crippen LogP contribution in [0, 0.1) is 0 Å². The first-order chi connectivity index (χ1) is 12.1. The van der Waals surface area contributed by atoms with Crippen LogP contribution in [0.1, 0.15) is 23.2 Å². The Labute approximate surface area is 148 Å². The van der Waals surface area contributed by atoms with Gasteiger partial charge >= 0.3 is 0 Å². The number of piperazine rings is 1. The topological polar surface area (TPSA) is 70.8 Å². The van der Waals surface area contributed by atoms with E-state index in [9.17, 15) is 9.18 Å². The second-order valence-electron chi connectivity index (χ2n) is 6.82. The molecule has 1 saturated carbocycles. The molecule has 3 N–H and O–H groups in total. The van der Waals surface area contributed by atoms with Crippen LogP contribution in [0.3, 0.4) is 0 Å². The summed E-state index contributed by atoms with van der Waals surface area (Å²) in [7, 11) is 1.54. The Balaban J connectivity index is 1.44. The number of ether oxygens (including phenoxy) is 1. The molecule has 1 aromatic carbocycles. The van der Waals surface area contributed by atoms with Crippen LogP contribution in [0.4, 0.5) is 10.1 Å². The van der Waals surface area contributed by atoms with E-state index >= 15 is 0 Å². The number of nitrogens with zero attached hydrogens (tertiary/aromatic N) is 2. The predicted octanol–water partition coefficient (Wildman–Crippen LogP) is 1.13. The van der Waals surface area contributed by atoms with Gasteiger partial charge in [0.15, 0.2) is 0 Å². The van der Waals surface area contributed by atoms with Gasteiger partial charge in [-0.2, -0.15) is 0 Å². The summed E-state index contributed by atoms with van der Waals surface area (Å²) in [6, 6.07) is 5.82. The number of rotatable bonds is 6. The van der Waals surface area contributed by atoms with Crippen molar-refractivity contribution in [1.82, 2.24) is 15.1 Å². The lowest BCUT2D eigenvalue weighted by Gasteiger charge is -2.46. The van der Waals surface area contributed by atoms with Crippen molar-refractivity contribution < 1.29 is 13.9 Å². The number of methoxy groups -OCH3 is 1. The molecule has 6 nitrogen and oxygen atoms in total. The highest BCUT2D eigenvalue weighted by atomic mass is 19.1. The first-order valence-electron chi connectivity index (χ1n) is 8.87. The zero-order chi connectivity index (χ0) is 17.8. The minimum atomic E-state index is -0.270. The number of hydrogen-bond acceptors (Lipinski definition) is 5. The highest BCUT2D eigenvalue weighted by Gasteiger charge is 2.35. The maximum Gasteiger partial charge on any atom is 0.251 e. The number of anilines is 1. The molecule has 0 spiro atoms. The van der Waals surface area contributed by atoms with Crippen molar-refractivity contribution >= 4 is 11.6 Å². The molecule has 0 aromatic heterocycles. The van der Waals surface area contributed by atoms with Crippen molar-refractivity contribution in [2.24, 2.45) is 0 Å². The predicted molar refractivity (Wildman–Crippen MR) is 95.7 cm³/mol. The van der Waals surface area contributed by atoms with Crippen molar-refractivity contribution in [3.05, 3.63) is 23.8 Å². The maximum atomic E-state index is 12.4. The Bertz CT molecular complexity index is 599. The van der Waals surface area contributed by atoms with Gasteiger partial charge in [0.2, 0.25) is 0 Å². The number of alkyl halides is 1. The molecule has 25 heavy (non-hydrogen) atoms. The number of nitrogens with one attached hydrogen (secondary N) is 1. The fourth-order valence-electron chi connectivity index (χ4n) is 3.60. The zero-order valence-corrected chi connectivity index (χ0v) is 14.7. The normalized spacial score (nSPS) is 24.6. The standard InChI is InChI=1S/C18H27FN4O2/c1-25-17-10-13(2-3-16(17)20)18(24)21-14-11-15(12-14)23-8-6-22(5-4-19)7-9-23/h2-3,10,14-15H,4-9,11-12,20H2,1H3,(H,21,24). The van der Waals surface area contributed by atoms with E-state index in [-0.39, 0.29) is 18.6 Å². The van der Waals surface area contributed by atoms with Crippen LogP contribution in [0.25, 0.3) is 0 Å². The van der Waals surface area contributed by atoms with Gasteiger partial charge in [0.05, 0.1) is 12.8 Å². The summed E-state index contributed by atoms with van der Waals surface area (Å²) >= 11 is 0. The zero-order valence-electron chi connectivity index (χ0n) is 14.7. The van der Waals surface area contributed by atoms with Crippen molar-refractivity contribution in [3.8, 4) is 5.75 Å². The van der Waals surface area contributed by atoms with Crippen LogP contribution in [0.2, 0.25) is 0 Å². The van der Waals surface area contributed by atoms with Crippen molar-refractivity contribution in [2.75, 3.05) is 52.2 Å². The summed E-state index contributed by atoms with van der Waals surface area (Å²) in [5.41, 5.74) is 6.87. The molecule has 3 rings (SSSR count). The van der Waals surface area contributed by atoms with E-state index in [1.54, 1.807) is 18.2 Å². The number of benzene rings is 1. The summed E-state index contributed by atoms with van der Waals surface area (Å²) in [5, 5.41) is 3.08. The minimum Gasteiger partial charge on any atom is -0.495 e. The third-order valence-corrected chi connectivity index (χ3v) is 5.27. The molecule has 1 aliphatic heterocycles. The Hall–Kier alpha value is -1.86. The Kier molecular flexibility index (Phi) is 5.75. The average molecular weight is 350 g/mol. The summed E-state index contributed by atoms with van der Waals surface area (Å²) in [6.07, 6.45) is 1.95. The lowest BCUT2D eigenvalue weighted by atomic mass is 9.85. The average Bonchev–Trinajstić information content (AvgIpc) is 2.59. The molecule has 0 atom stereocenters. The maximum absolute atomic E-state index is 12.4. The Morgan fingerprint density at radius 2 is 2.04 bits per heavy atom. The number of amides is 1. The van der Waals surface area contributed by atoms with E-state index in [4.69, 9.17) is 10.5 Å². The van der Waals surface area contributed by atoms with E-state index in [2.05, 4.69) is 15.1 Å². The summed E-state index contributed by atoms with van der Waals surface area (Å²) in [6.45, 7) is 4.11. The van der Waals surface area contributed by atoms with Gasteiger partial charge in [0, 0.05) is 50.4 Å². The van der Waals surface area contributed by atoms with Gasteiger partial charge in [-0.25, -0.2) is 4.39 Å². The molecule has 1 aromatic rings. The lowest BCUT2D eigenvalue weighted by Crippen LogP contribution is -2.58. The molecule has 1 amide bonds. The number of carbonyl (C=O) groups is 1. The monoisotopic (exact) mass is 350 g/mol. The highest BCUT2D eigenvalue weighted by molar-refractivity contribution is 5.95. The second kappa shape index (κ2) is 8.01. The number of carbonyl (C=O) groups excluding carboxylic acids is 1. The van der Waals surface area contributed by atoms with E-state index in [1.165, 1.54) is 7.11 Å². The van der Waals surface area contributed by atoms with Crippen LogP contribution >= 0.6 is 0 Å². The molecule has 0 bridgehead atoms. The highest BCUT2D eigenvalue weighted by Crippen LogP contribution is 2.27. The SMILES string of the molecule is COc1cc(C(=O)NC2CC(N3CCN(CCF)CC3)C2)ccc1N. The number of nitrogen functional groups attached to an aromatic ring is 1. The molecule has 2 aliphatic rings. The van der Waals surface area contributed by atoms with Gasteiger partial charge < -0.3 is 15.8 Å². The third kappa shape index (κ3) is 4.22. The van der Waals surface area contributed by atoms with Gasteiger partial charge in [0.25, 0.3) is 5.91 Å². The van der Waals surface area contributed by atoms with Gasteiger partial charge in [-0.1, -0.05) is 0 Å². The van der Waals surface area contributed by atoms with Crippen LogP contribution in [0.5, 0.6) is 5.75 Å². The Morgan fingerprint density at radius 1 is 1.32 bits per heavy atom. The largest absolute Gasteiger partial charge is 0.495 e. The summed E-state index contributed by atoms with van der Waals surface area (Å²) in [5.74, 6) is 0.430. The molecular formula is C18H27FN4O2. The molecule has 2 fully saturated rings. The van der Waals surface area contributed by atoms with Crippen molar-refractivity contribution in [2.45, 2.75) is 24.9 Å². The van der Waals surface area contributed by atoms with Crippen molar-refractivity contribution in [3.63, 3.8) is 0 Å². The fourth-order valence-corrected chi connectivity index (χ4v) is 3.60. The van der Waals surface area contributed by atoms with E-state index < -0.39 is 0 Å². The molecule has 138 valence electrons. The van der Waals surface area contributed by atoms with Gasteiger partial charge in [-0.15, -0.1) is 0 Å². The van der Waals surface area contributed by atoms with E-state index in [1.807, 2.05) is 0 Å². The molecule has 1 aliphatic carbocycles. The van der Waals surface area contributed by atoms with Crippen LogP contribution < -0.4 is 15.8 Å². The molecule has 1 heterocycles. The number of nitrogens with two attached hydrogens (primary N) is 1. The lowest BCUT2D eigenvalue weighted by molar-refractivity contribution is 0.0417. The van der Waals surface area contributed by atoms with Gasteiger partial charge in [-0.3, -0.25) is 14.6 Å². The summed E-state index contributed by atoms with van der Waals surface area (Å²) in [4.78, 5) is 17.0. The first-order valence-corrected chi connectivity index (χ1v) is 8.87. The molecule has 1 saturated heterocycles. The van der Waals surface area contributed by atoms with Crippen molar-refractivity contribution in [1.29, 1.82) is 0 Å². The number of halogens is 1. The molecular weight excluding hydrogens is 323 g/mol. The molecule has 0 unspecified atom stereocenters. The molecule has 0 radical (unpaired) electrons. The van der Waals surface area contributed by atoms with Crippen LogP contribution in [0.15, 0.2) is 18.2 Å². The van der Waals surface area contributed by atoms with E-state index in [0.29, 0.717) is 29.6 Å². The molecule has 7 heteroatoms. The minimum absolute atomic E-state index is 0.0884.